The van der Waals surface area contributed by atoms with E-state index in [9.17, 15) is 4.79 Å². The maximum absolute atomic E-state index is 12.9. The molecule has 0 unspecified atom stereocenters. The van der Waals surface area contributed by atoms with Gasteiger partial charge in [-0.15, -0.1) is 0 Å². The third kappa shape index (κ3) is 3.21. The van der Waals surface area contributed by atoms with Gasteiger partial charge in [-0.2, -0.15) is 0 Å². The number of carbonyl (C=O) groups excluding carboxylic acids is 1. The molecule has 0 N–H and O–H groups in total. The van der Waals surface area contributed by atoms with Crippen molar-refractivity contribution in [1.82, 2.24) is 9.88 Å². The van der Waals surface area contributed by atoms with Crippen LogP contribution in [0.1, 0.15) is 41.9 Å². The molecular weight excluding hydrogens is 286 g/mol. The number of amides is 1. The Bertz CT molecular complexity index is 654. The zero-order valence-corrected chi connectivity index (χ0v) is 13.8. The Balaban J connectivity index is 1.79. The number of hydrogen-bond acceptors (Lipinski definition) is 3. The minimum absolute atomic E-state index is 0.0988. The number of benzene rings is 1. The van der Waals surface area contributed by atoms with Crippen LogP contribution in [-0.4, -0.2) is 35.9 Å². The first-order valence-electron chi connectivity index (χ1n) is 8.24. The summed E-state index contributed by atoms with van der Waals surface area (Å²) in [7, 11) is 2.05. The lowest BCUT2D eigenvalue weighted by atomic mass is 10.1. The monoisotopic (exact) mass is 309 g/mol. The third-order valence-electron chi connectivity index (χ3n) is 4.57. The van der Waals surface area contributed by atoms with Gasteiger partial charge in [0.05, 0.1) is 11.7 Å². The fraction of sp³-hybridized carbons (Fsp3) is 0.368. The van der Waals surface area contributed by atoms with Crippen molar-refractivity contribution in [2.45, 2.75) is 25.8 Å². The number of aromatic nitrogens is 1. The number of carbonyl (C=O) groups is 1. The van der Waals surface area contributed by atoms with Gasteiger partial charge in [-0.25, -0.2) is 0 Å². The summed E-state index contributed by atoms with van der Waals surface area (Å²) in [5.41, 5.74) is 2.87. The van der Waals surface area contributed by atoms with E-state index in [1.165, 1.54) is 0 Å². The maximum atomic E-state index is 12.9. The molecule has 2 heterocycles. The van der Waals surface area contributed by atoms with E-state index < -0.39 is 0 Å². The van der Waals surface area contributed by atoms with Crippen molar-refractivity contribution in [3.63, 3.8) is 0 Å². The summed E-state index contributed by atoms with van der Waals surface area (Å²) in [5, 5.41) is 0. The molecule has 1 aromatic heterocycles. The fourth-order valence-electron chi connectivity index (χ4n) is 3.10. The highest BCUT2D eigenvalue weighted by Crippen LogP contribution is 2.32. The number of likely N-dealkylation sites (tertiary alicyclic amines) is 1. The minimum Gasteiger partial charge on any atom is -0.375 e. The van der Waals surface area contributed by atoms with Crippen LogP contribution in [0.2, 0.25) is 0 Å². The van der Waals surface area contributed by atoms with Crippen molar-refractivity contribution < 1.29 is 4.79 Å². The molecule has 1 saturated heterocycles. The molecule has 1 aromatic carbocycles. The highest BCUT2D eigenvalue weighted by molar-refractivity contribution is 5.95. The van der Waals surface area contributed by atoms with Crippen LogP contribution in [0.4, 0.5) is 5.69 Å². The topological polar surface area (TPSA) is 36.4 Å². The number of rotatable bonds is 4. The molecule has 4 nitrogen and oxygen atoms in total. The highest BCUT2D eigenvalue weighted by Gasteiger charge is 2.31. The molecule has 1 atom stereocenters. The normalized spacial score (nSPS) is 17.3. The van der Waals surface area contributed by atoms with Crippen molar-refractivity contribution >= 4 is 11.6 Å². The van der Waals surface area contributed by atoms with Crippen molar-refractivity contribution in [3.05, 3.63) is 59.9 Å². The van der Waals surface area contributed by atoms with Crippen LogP contribution in [0.3, 0.4) is 0 Å². The highest BCUT2D eigenvalue weighted by atomic mass is 16.2. The van der Waals surface area contributed by atoms with Crippen molar-refractivity contribution in [3.8, 4) is 0 Å². The van der Waals surface area contributed by atoms with Gasteiger partial charge >= 0.3 is 0 Å². The van der Waals surface area contributed by atoms with Crippen LogP contribution < -0.4 is 4.90 Å². The van der Waals surface area contributed by atoms with E-state index in [0.717, 1.165) is 42.9 Å². The lowest BCUT2D eigenvalue weighted by molar-refractivity contribution is 0.0733. The van der Waals surface area contributed by atoms with Gasteiger partial charge in [0, 0.05) is 37.6 Å². The van der Waals surface area contributed by atoms with Crippen LogP contribution in [0.5, 0.6) is 0 Å². The smallest absolute Gasteiger partial charge is 0.254 e. The number of pyridine rings is 1. The Morgan fingerprint density at radius 3 is 2.70 bits per heavy atom. The van der Waals surface area contributed by atoms with Gasteiger partial charge in [-0.1, -0.05) is 6.07 Å². The average Bonchev–Trinajstić information content (AvgIpc) is 3.11. The summed E-state index contributed by atoms with van der Waals surface area (Å²) >= 11 is 0. The molecule has 120 valence electrons. The second-order valence-electron chi connectivity index (χ2n) is 5.97. The van der Waals surface area contributed by atoms with Crippen LogP contribution in [-0.2, 0) is 0 Å². The van der Waals surface area contributed by atoms with E-state index in [-0.39, 0.29) is 11.9 Å². The number of anilines is 1. The maximum Gasteiger partial charge on any atom is 0.254 e. The summed E-state index contributed by atoms with van der Waals surface area (Å²) in [4.78, 5) is 21.4. The molecule has 0 saturated carbocycles. The molecule has 1 amide bonds. The summed E-state index contributed by atoms with van der Waals surface area (Å²) in [6.45, 7) is 3.86. The second-order valence-corrected chi connectivity index (χ2v) is 5.97. The zero-order chi connectivity index (χ0) is 16.2. The molecule has 1 aliphatic heterocycles. The SMILES string of the molecule is CCN(C)c1ccc(C(=O)N2CCC[C@H]2c2ccccn2)cc1. The summed E-state index contributed by atoms with van der Waals surface area (Å²) in [6.07, 6.45) is 3.81. The molecule has 0 aliphatic carbocycles. The standard InChI is InChI=1S/C19H23N3O/c1-3-21(2)16-11-9-15(10-12-16)19(23)22-14-6-8-18(22)17-7-4-5-13-20-17/h4-5,7,9-13,18H,3,6,8,14H2,1-2H3/t18-/m0/s1. The van der Waals surface area contributed by atoms with Crippen LogP contribution in [0.25, 0.3) is 0 Å². The van der Waals surface area contributed by atoms with E-state index in [0.29, 0.717) is 0 Å². The molecule has 3 rings (SSSR count). The Morgan fingerprint density at radius 2 is 2.04 bits per heavy atom. The third-order valence-corrected chi connectivity index (χ3v) is 4.57. The van der Waals surface area contributed by atoms with Crippen LogP contribution >= 0.6 is 0 Å². The van der Waals surface area contributed by atoms with Gasteiger partial charge < -0.3 is 9.80 Å². The minimum atomic E-state index is 0.0988. The fourth-order valence-corrected chi connectivity index (χ4v) is 3.10. The molecule has 1 aliphatic rings. The Kier molecular flexibility index (Phi) is 4.60. The first-order valence-corrected chi connectivity index (χ1v) is 8.24. The van der Waals surface area contributed by atoms with E-state index in [4.69, 9.17) is 0 Å². The van der Waals surface area contributed by atoms with Crippen LogP contribution in [0, 0.1) is 0 Å². The largest absolute Gasteiger partial charge is 0.375 e. The average molecular weight is 309 g/mol. The van der Waals surface area contributed by atoms with E-state index >= 15 is 0 Å². The van der Waals surface area contributed by atoms with E-state index in [2.05, 4.69) is 23.9 Å². The lowest BCUT2D eigenvalue weighted by Crippen LogP contribution is -2.31. The van der Waals surface area contributed by atoms with Gasteiger partial charge in [0.15, 0.2) is 0 Å². The molecule has 23 heavy (non-hydrogen) atoms. The molecule has 1 fully saturated rings. The lowest BCUT2D eigenvalue weighted by Gasteiger charge is -2.25. The summed E-state index contributed by atoms with van der Waals surface area (Å²) in [6, 6.07) is 13.9. The first kappa shape index (κ1) is 15.5. The zero-order valence-electron chi connectivity index (χ0n) is 13.8. The van der Waals surface area contributed by atoms with E-state index in [1.807, 2.05) is 47.4 Å². The predicted octanol–water partition coefficient (Wildman–Crippen LogP) is 3.52. The Labute approximate surface area is 137 Å². The molecule has 2 aromatic rings. The van der Waals surface area contributed by atoms with Crippen molar-refractivity contribution in [2.75, 3.05) is 25.0 Å². The van der Waals surface area contributed by atoms with Crippen molar-refractivity contribution in [2.24, 2.45) is 0 Å². The van der Waals surface area contributed by atoms with Gasteiger partial charge in [-0.05, 0) is 56.2 Å². The molecular formula is C19H23N3O. The molecule has 0 spiro atoms. The van der Waals surface area contributed by atoms with Gasteiger partial charge in [-0.3, -0.25) is 9.78 Å². The second kappa shape index (κ2) is 6.82. The van der Waals surface area contributed by atoms with Gasteiger partial charge in [0.25, 0.3) is 5.91 Å². The number of nitrogens with zero attached hydrogens (tertiary/aromatic N) is 3. The quantitative estimate of drug-likeness (QED) is 0.867. The summed E-state index contributed by atoms with van der Waals surface area (Å²) < 4.78 is 0. The molecule has 0 bridgehead atoms. The van der Waals surface area contributed by atoms with Crippen LogP contribution in [0.15, 0.2) is 48.7 Å². The summed E-state index contributed by atoms with van der Waals surface area (Å²) in [5.74, 6) is 0.101. The van der Waals surface area contributed by atoms with Crippen molar-refractivity contribution in [1.29, 1.82) is 0 Å². The predicted molar refractivity (Wildman–Crippen MR) is 92.6 cm³/mol. The van der Waals surface area contributed by atoms with Gasteiger partial charge in [0.1, 0.15) is 0 Å². The number of hydrogen-bond donors (Lipinski definition) is 0. The first-order chi connectivity index (χ1) is 11.2. The Morgan fingerprint density at radius 1 is 1.26 bits per heavy atom. The van der Waals surface area contributed by atoms with E-state index in [1.54, 1.807) is 6.20 Å². The molecule has 0 radical (unpaired) electrons. The van der Waals surface area contributed by atoms with Gasteiger partial charge in [0.2, 0.25) is 0 Å². The molecule has 4 heteroatoms. The Hall–Kier alpha value is -2.36.